The van der Waals surface area contributed by atoms with Gasteiger partial charge in [-0.1, -0.05) is 6.92 Å². The lowest BCUT2D eigenvalue weighted by Gasteiger charge is -2.21. The number of aromatic nitrogens is 1. The van der Waals surface area contributed by atoms with Crippen LogP contribution in [-0.4, -0.2) is 33.5 Å². The van der Waals surface area contributed by atoms with Gasteiger partial charge in [0.25, 0.3) is 0 Å². The Morgan fingerprint density at radius 1 is 1.59 bits per heavy atom. The largest absolute Gasteiger partial charge is 0.477 e. The molecule has 1 aliphatic rings. The van der Waals surface area contributed by atoms with E-state index in [2.05, 4.69) is 16.8 Å². The van der Waals surface area contributed by atoms with Crippen LogP contribution >= 0.6 is 0 Å². The summed E-state index contributed by atoms with van der Waals surface area (Å²) in [6.45, 7) is 4.08. The molecule has 0 atom stereocenters. The summed E-state index contributed by atoms with van der Waals surface area (Å²) in [5, 5.41) is 8.89. The highest BCUT2D eigenvalue weighted by atomic mass is 16.4. The first-order valence-electron chi connectivity index (χ1n) is 6.13. The fourth-order valence-corrected chi connectivity index (χ4v) is 2.04. The molecular weight excluding hydrogens is 216 g/mol. The van der Waals surface area contributed by atoms with E-state index in [0.717, 1.165) is 25.1 Å². The monoisotopic (exact) mass is 234 g/mol. The van der Waals surface area contributed by atoms with Gasteiger partial charge in [0.2, 0.25) is 0 Å². The SMILES string of the molecule is CCCN(Cc1ccnc(C(=O)O)c1)C1CC1. The summed E-state index contributed by atoms with van der Waals surface area (Å²) in [6, 6.07) is 4.28. The summed E-state index contributed by atoms with van der Waals surface area (Å²) >= 11 is 0. The minimum atomic E-state index is -0.958. The summed E-state index contributed by atoms with van der Waals surface area (Å²) in [4.78, 5) is 17.1. The number of nitrogens with zero attached hydrogens (tertiary/aromatic N) is 2. The molecule has 0 spiro atoms. The maximum atomic E-state index is 10.8. The molecule has 0 unspecified atom stereocenters. The predicted octanol–water partition coefficient (Wildman–Crippen LogP) is 2.15. The lowest BCUT2D eigenvalue weighted by atomic mass is 10.2. The van der Waals surface area contributed by atoms with Gasteiger partial charge in [-0.3, -0.25) is 4.90 Å². The molecule has 1 aliphatic carbocycles. The van der Waals surface area contributed by atoms with E-state index >= 15 is 0 Å². The van der Waals surface area contributed by atoms with E-state index < -0.39 is 5.97 Å². The highest BCUT2D eigenvalue weighted by Gasteiger charge is 2.28. The van der Waals surface area contributed by atoms with Gasteiger partial charge >= 0.3 is 5.97 Å². The number of carboxylic acids is 1. The van der Waals surface area contributed by atoms with E-state index in [1.54, 1.807) is 12.3 Å². The number of carbonyl (C=O) groups is 1. The van der Waals surface area contributed by atoms with Gasteiger partial charge in [-0.25, -0.2) is 9.78 Å². The van der Waals surface area contributed by atoms with E-state index in [4.69, 9.17) is 5.11 Å². The zero-order valence-electron chi connectivity index (χ0n) is 10.1. The molecule has 2 rings (SSSR count). The number of rotatable bonds is 6. The zero-order valence-corrected chi connectivity index (χ0v) is 10.1. The smallest absolute Gasteiger partial charge is 0.354 e. The topological polar surface area (TPSA) is 53.4 Å². The molecule has 17 heavy (non-hydrogen) atoms. The molecule has 0 aliphatic heterocycles. The average molecular weight is 234 g/mol. The van der Waals surface area contributed by atoms with Crippen molar-refractivity contribution in [3.63, 3.8) is 0 Å². The highest BCUT2D eigenvalue weighted by molar-refractivity contribution is 5.85. The fraction of sp³-hybridized carbons (Fsp3) is 0.538. The third-order valence-electron chi connectivity index (χ3n) is 3.00. The van der Waals surface area contributed by atoms with Gasteiger partial charge in [0.1, 0.15) is 5.69 Å². The van der Waals surface area contributed by atoms with Crippen LogP contribution in [0.3, 0.4) is 0 Å². The van der Waals surface area contributed by atoms with E-state index in [1.807, 2.05) is 6.07 Å². The minimum Gasteiger partial charge on any atom is -0.477 e. The van der Waals surface area contributed by atoms with Gasteiger partial charge in [-0.15, -0.1) is 0 Å². The molecular formula is C13H18N2O2. The van der Waals surface area contributed by atoms with Crippen molar-refractivity contribution in [2.24, 2.45) is 0 Å². The van der Waals surface area contributed by atoms with Crippen LogP contribution < -0.4 is 0 Å². The molecule has 1 fully saturated rings. The summed E-state index contributed by atoms with van der Waals surface area (Å²) in [5.74, 6) is -0.958. The Morgan fingerprint density at radius 3 is 2.94 bits per heavy atom. The highest BCUT2D eigenvalue weighted by Crippen LogP contribution is 2.28. The Hall–Kier alpha value is -1.42. The molecule has 4 heteroatoms. The third-order valence-corrected chi connectivity index (χ3v) is 3.00. The minimum absolute atomic E-state index is 0.134. The molecule has 1 heterocycles. The molecule has 1 N–H and O–H groups in total. The Morgan fingerprint density at radius 2 is 2.35 bits per heavy atom. The quantitative estimate of drug-likeness (QED) is 0.819. The molecule has 0 radical (unpaired) electrons. The molecule has 1 saturated carbocycles. The summed E-state index contributed by atoms with van der Waals surface area (Å²) in [6.07, 6.45) is 5.26. The molecule has 4 nitrogen and oxygen atoms in total. The Labute approximate surface area is 101 Å². The standard InChI is InChI=1S/C13H18N2O2/c1-2-7-15(11-3-4-11)9-10-5-6-14-12(8-10)13(16)17/h5-6,8,11H,2-4,7,9H2,1H3,(H,16,17). The van der Waals surface area contributed by atoms with Gasteiger partial charge < -0.3 is 5.11 Å². The number of pyridine rings is 1. The number of hydrogen-bond donors (Lipinski definition) is 1. The average Bonchev–Trinajstić information content (AvgIpc) is 3.13. The van der Waals surface area contributed by atoms with Crippen molar-refractivity contribution in [2.75, 3.05) is 6.54 Å². The van der Waals surface area contributed by atoms with Crippen LogP contribution in [0.4, 0.5) is 0 Å². The van der Waals surface area contributed by atoms with Crippen molar-refractivity contribution in [1.82, 2.24) is 9.88 Å². The first-order valence-corrected chi connectivity index (χ1v) is 6.13. The Bertz CT molecular complexity index is 402. The lowest BCUT2D eigenvalue weighted by Crippen LogP contribution is -2.26. The van der Waals surface area contributed by atoms with Crippen LogP contribution in [0.5, 0.6) is 0 Å². The maximum absolute atomic E-state index is 10.8. The van der Waals surface area contributed by atoms with E-state index in [1.165, 1.54) is 12.8 Å². The predicted molar refractivity (Wildman–Crippen MR) is 64.9 cm³/mol. The maximum Gasteiger partial charge on any atom is 0.354 e. The van der Waals surface area contributed by atoms with Crippen molar-refractivity contribution >= 4 is 5.97 Å². The van der Waals surface area contributed by atoms with Gasteiger partial charge in [0.05, 0.1) is 0 Å². The van der Waals surface area contributed by atoms with Crippen LogP contribution in [0, 0.1) is 0 Å². The second kappa shape index (κ2) is 5.27. The second-order valence-electron chi connectivity index (χ2n) is 4.56. The molecule has 0 amide bonds. The molecule has 0 saturated heterocycles. The first-order chi connectivity index (χ1) is 8.20. The van der Waals surface area contributed by atoms with Crippen LogP contribution in [0.25, 0.3) is 0 Å². The molecule has 92 valence electrons. The summed E-state index contributed by atoms with van der Waals surface area (Å²) in [5.41, 5.74) is 1.17. The van der Waals surface area contributed by atoms with Crippen LogP contribution in [-0.2, 0) is 6.54 Å². The molecule has 1 aromatic rings. The van der Waals surface area contributed by atoms with Crippen LogP contribution in [0.15, 0.2) is 18.3 Å². The third kappa shape index (κ3) is 3.27. The van der Waals surface area contributed by atoms with E-state index in [0.29, 0.717) is 6.04 Å². The molecule has 0 aromatic carbocycles. The van der Waals surface area contributed by atoms with E-state index in [9.17, 15) is 4.79 Å². The summed E-state index contributed by atoms with van der Waals surface area (Å²) in [7, 11) is 0. The lowest BCUT2D eigenvalue weighted by molar-refractivity contribution is 0.0690. The van der Waals surface area contributed by atoms with Crippen LogP contribution in [0.2, 0.25) is 0 Å². The normalized spacial score (nSPS) is 15.2. The molecule has 0 bridgehead atoms. The fourth-order valence-electron chi connectivity index (χ4n) is 2.04. The Balaban J connectivity index is 2.05. The number of carboxylic acid groups (broad SMARTS) is 1. The second-order valence-corrected chi connectivity index (χ2v) is 4.56. The van der Waals surface area contributed by atoms with Gasteiger partial charge in [0.15, 0.2) is 0 Å². The van der Waals surface area contributed by atoms with Crippen molar-refractivity contribution in [1.29, 1.82) is 0 Å². The van der Waals surface area contributed by atoms with Crippen molar-refractivity contribution in [2.45, 2.75) is 38.8 Å². The van der Waals surface area contributed by atoms with Gasteiger partial charge in [0, 0.05) is 18.8 Å². The van der Waals surface area contributed by atoms with Crippen molar-refractivity contribution in [3.8, 4) is 0 Å². The number of hydrogen-bond acceptors (Lipinski definition) is 3. The van der Waals surface area contributed by atoms with Crippen molar-refractivity contribution in [3.05, 3.63) is 29.6 Å². The number of aromatic carboxylic acids is 1. The van der Waals surface area contributed by atoms with Gasteiger partial charge in [-0.2, -0.15) is 0 Å². The molecule has 1 aromatic heterocycles. The van der Waals surface area contributed by atoms with Crippen LogP contribution in [0.1, 0.15) is 42.2 Å². The van der Waals surface area contributed by atoms with E-state index in [-0.39, 0.29) is 5.69 Å². The summed E-state index contributed by atoms with van der Waals surface area (Å²) < 4.78 is 0. The first kappa shape index (κ1) is 12.0. The Kier molecular flexibility index (Phi) is 3.74. The van der Waals surface area contributed by atoms with Crippen molar-refractivity contribution < 1.29 is 9.90 Å². The zero-order chi connectivity index (χ0) is 12.3. The van der Waals surface area contributed by atoms with Gasteiger partial charge in [-0.05, 0) is 43.5 Å².